The minimum absolute atomic E-state index is 0.337. The number of hydrogen-bond acceptors (Lipinski definition) is 1. The van der Waals surface area contributed by atoms with E-state index in [1.165, 1.54) is 12.8 Å². The van der Waals surface area contributed by atoms with E-state index in [-0.39, 0.29) is 0 Å². The molecule has 0 saturated heterocycles. The molecular weight excluding hydrogens is 100 g/mol. The first kappa shape index (κ1) is 5.76. The Morgan fingerprint density at radius 1 is 1.50 bits per heavy atom. The Bertz CT molecular complexity index is 98.7. The fourth-order valence-corrected chi connectivity index (χ4v) is 1.08. The van der Waals surface area contributed by atoms with Gasteiger partial charge in [-0.1, -0.05) is 0 Å². The van der Waals surface area contributed by atoms with Gasteiger partial charge in [0.2, 0.25) is 0 Å². The van der Waals surface area contributed by atoms with Gasteiger partial charge in [0.05, 0.1) is 5.71 Å². The first-order chi connectivity index (χ1) is 3.80. The van der Waals surface area contributed by atoms with Crippen LogP contribution in [0.15, 0.2) is 0 Å². The summed E-state index contributed by atoms with van der Waals surface area (Å²) in [7, 11) is 0. The quantitative estimate of drug-likeness (QED) is 0.450. The summed E-state index contributed by atoms with van der Waals surface area (Å²) in [4.78, 5) is 0. The molecule has 2 nitrogen and oxygen atoms in total. The van der Waals surface area contributed by atoms with Crippen molar-refractivity contribution in [2.45, 2.75) is 31.7 Å². The van der Waals surface area contributed by atoms with Gasteiger partial charge >= 0.3 is 0 Å². The van der Waals surface area contributed by atoms with Gasteiger partial charge in [-0.25, -0.2) is 0 Å². The smallest absolute Gasteiger partial charge is 0.122 e. The van der Waals surface area contributed by atoms with Crippen LogP contribution in [0, 0.1) is 5.41 Å². The topological polar surface area (TPSA) is 51.5 Å². The summed E-state index contributed by atoms with van der Waals surface area (Å²) < 4.78 is 0. The lowest BCUT2D eigenvalue weighted by atomic mass is 9.94. The van der Waals surface area contributed by atoms with Crippen LogP contribution in [0.1, 0.15) is 25.7 Å². The van der Waals surface area contributed by atoms with Crippen LogP contribution in [-0.2, 0) is 0 Å². The first-order valence-corrected chi connectivity index (χ1v) is 3.21. The number of quaternary nitrogens is 1. The van der Waals surface area contributed by atoms with Gasteiger partial charge in [0.1, 0.15) is 6.04 Å². The van der Waals surface area contributed by atoms with Gasteiger partial charge in [0.15, 0.2) is 0 Å². The zero-order chi connectivity index (χ0) is 5.98. The summed E-state index contributed by atoms with van der Waals surface area (Å²) in [6.07, 6.45) is 4.62. The van der Waals surface area contributed by atoms with Gasteiger partial charge in [-0.15, -0.1) is 0 Å². The molecule has 0 heterocycles. The van der Waals surface area contributed by atoms with Crippen molar-refractivity contribution < 1.29 is 5.73 Å². The summed E-state index contributed by atoms with van der Waals surface area (Å²) in [5, 5.41) is 7.33. The molecule has 1 aliphatic carbocycles. The second-order valence-electron chi connectivity index (χ2n) is 2.47. The highest BCUT2D eigenvalue weighted by Crippen LogP contribution is 2.11. The van der Waals surface area contributed by atoms with E-state index in [0.29, 0.717) is 6.04 Å². The van der Waals surface area contributed by atoms with Crippen molar-refractivity contribution in [2.75, 3.05) is 0 Å². The Hall–Kier alpha value is -0.370. The van der Waals surface area contributed by atoms with Crippen molar-refractivity contribution in [3.05, 3.63) is 0 Å². The highest BCUT2D eigenvalue weighted by molar-refractivity contribution is 5.85. The summed E-state index contributed by atoms with van der Waals surface area (Å²) >= 11 is 0. The number of nitrogens with one attached hydrogen (secondary N) is 1. The van der Waals surface area contributed by atoms with Crippen LogP contribution in [-0.4, -0.2) is 11.8 Å². The molecule has 0 aliphatic heterocycles. The molecular formula is C6H13N2+. The van der Waals surface area contributed by atoms with Crippen LogP contribution >= 0.6 is 0 Å². The zero-order valence-corrected chi connectivity index (χ0v) is 5.11. The predicted molar refractivity (Wildman–Crippen MR) is 32.9 cm³/mol. The second-order valence-corrected chi connectivity index (χ2v) is 2.47. The third-order valence-electron chi connectivity index (χ3n) is 1.74. The standard InChI is InChI=1S/C6H12N2/c7-5-3-1-2-4-6(5)8/h5,8H,1-4,7H2/p+1. The third-order valence-corrected chi connectivity index (χ3v) is 1.74. The van der Waals surface area contributed by atoms with Crippen LogP contribution < -0.4 is 5.73 Å². The minimum Gasteiger partial charge on any atom is -0.350 e. The maximum absolute atomic E-state index is 7.33. The Morgan fingerprint density at radius 2 is 2.25 bits per heavy atom. The minimum atomic E-state index is 0.337. The van der Waals surface area contributed by atoms with Crippen molar-refractivity contribution in [1.29, 1.82) is 5.41 Å². The summed E-state index contributed by atoms with van der Waals surface area (Å²) in [6.45, 7) is 0. The lowest BCUT2D eigenvalue weighted by Gasteiger charge is -2.14. The Labute approximate surface area is 49.6 Å². The molecule has 1 fully saturated rings. The molecule has 0 bridgehead atoms. The van der Waals surface area contributed by atoms with Gasteiger partial charge in [0.25, 0.3) is 0 Å². The van der Waals surface area contributed by atoms with E-state index in [4.69, 9.17) is 5.41 Å². The zero-order valence-electron chi connectivity index (χ0n) is 5.11. The van der Waals surface area contributed by atoms with Crippen molar-refractivity contribution in [3.63, 3.8) is 0 Å². The van der Waals surface area contributed by atoms with Crippen LogP contribution in [0.25, 0.3) is 0 Å². The molecule has 8 heavy (non-hydrogen) atoms. The summed E-state index contributed by atoms with van der Waals surface area (Å²) in [5.74, 6) is 0. The van der Waals surface area contributed by atoms with Gasteiger partial charge in [0, 0.05) is 6.42 Å². The fourth-order valence-electron chi connectivity index (χ4n) is 1.08. The molecule has 1 saturated carbocycles. The van der Waals surface area contributed by atoms with Crippen LogP contribution in [0.3, 0.4) is 0 Å². The molecule has 0 aromatic heterocycles. The molecule has 0 spiro atoms. The number of hydrogen-bond donors (Lipinski definition) is 2. The van der Waals surface area contributed by atoms with Gasteiger partial charge in [-0.3, -0.25) is 0 Å². The molecule has 0 amide bonds. The number of rotatable bonds is 0. The Morgan fingerprint density at radius 3 is 2.62 bits per heavy atom. The normalized spacial score (nSPS) is 30.6. The highest BCUT2D eigenvalue weighted by Gasteiger charge is 2.16. The average Bonchev–Trinajstić information content (AvgIpc) is 1.77. The second kappa shape index (κ2) is 2.27. The molecule has 0 aromatic carbocycles. The van der Waals surface area contributed by atoms with E-state index in [1.54, 1.807) is 0 Å². The van der Waals surface area contributed by atoms with Gasteiger partial charge < -0.3 is 11.1 Å². The molecule has 1 rings (SSSR count). The van der Waals surface area contributed by atoms with E-state index in [2.05, 4.69) is 5.73 Å². The Kier molecular flexibility index (Phi) is 1.63. The highest BCUT2D eigenvalue weighted by atomic mass is 14.7. The lowest BCUT2D eigenvalue weighted by molar-refractivity contribution is -0.398. The molecule has 46 valence electrons. The fraction of sp³-hybridized carbons (Fsp3) is 0.833. The largest absolute Gasteiger partial charge is 0.350 e. The van der Waals surface area contributed by atoms with Crippen LogP contribution in [0.2, 0.25) is 0 Å². The predicted octanol–water partition coefficient (Wildman–Crippen LogP) is 0.191. The van der Waals surface area contributed by atoms with E-state index in [1.807, 2.05) is 0 Å². The molecule has 0 radical (unpaired) electrons. The molecule has 2 heteroatoms. The third kappa shape index (κ3) is 1.07. The lowest BCUT2D eigenvalue weighted by Crippen LogP contribution is -2.65. The average molecular weight is 113 g/mol. The van der Waals surface area contributed by atoms with Crippen LogP contribution in [0.4, 0.5) is 0 Å². The SMILES string of the molecule is N=C1CCCCC1[NH3+]. The summed E-state index contributed by atoms with van der Waals surface area (Å²) in [5.41, 5.74) is 4.71. The first-order valence-electron chi connectivity index (χ1n) is 3.21. The van der Waals surface area contributed by atoms with Crippen molar-refractivity contribution in [2.24, 2.45) is 0 Å². The molecule has 4 N–H and O–H groups in total. The molecule has 0 aromatic rings. The van der Waals surface area contributed by atoms with Gasteiger partial charge in [-0.05, 0) is 19.3 Å². The van der Waals surface area contributed by atoms with E-state index >= 15 is 0 Å². The van der Waals surface area contributed by atoms with E-state index in [9.17, 15) is 0 Å². The van der Waals surface area contributed by atoms with Crippen molar-refractivity contribution in [1.82, 2.24) is 0 Å². The van der Waals surface area contributed by atoms with Crippen LogP contribution in [0.5, 0.6) is 0 Å². The summed E-state index contributed by atoms with van der Waals surface area (Å²) in [6, 6.07) is 0.337. The maximum Gasteiger partial charge on any atom is 0.122 e. The maximum atomic E-state index is 7.33. The molecule has 1 atom stereocenters. The monoisotopic (exact) mass is 113 g/mol. The molecule has 1 aliphatic rings. The van der Waals surface area contributed by atoms with Crippen molar-refractivity contribution >= 4 is 5.71 Å². The van der Waals surface area contributed by atoms with Gasteiger partial charge in [-0.2, -0.15) is 0 Å². The Balaban J connectivity index is 2.39. The van der Waals surface area contributed by atoms with E-state index < -0.39 is 0 Å². The van der Waals surface area contributed by atoms with Crippen molar-refractivity contribution in [3.8, 4) is 0 Å². The molecule has 1 unspecified atom stereocenters. The van der Waals surface area contributed by atoms with E-state index in [0.717, 1.165) is 18.6 Å².